The Morgan fingerprint density at radius 3 is 1.23 bits per heavy atom. The van der Waals surface area contributed by atoms with Gasteiger partial charge in [-0.15, -0.1) is 0 Å². The average molecular weight is 1790 g/mol. The van der Waals surface area contributed by atoms with E-state index >= 15 is 13.2 Å². The van der Waals surface area contributed by atoms with E-state index in [0.29, 0.717) is 65.8 Å². The van der Waals surface area contributed by atoms with Gasteiger partial charge in [0.2, 0.25) is 11.9 Å². The van der Waals surface area contributed by atoms with E-state index in [4.69, 9.17) is 0 Å². The molecule has 24 rings (SSSR count). The van der Waals surface area contributed by atoms with E-state index in [1.165, 1.54) is 43.9 Å². The number of likely N-dealkylation sites (N-methyl/N-ethyl adjacent to an activating group) is 1. The zero-order chi connectivity index (χ0) is 90.5. The van der Waals surface area contributed by atoms with E-state index in [0.717, 1.165) is 167 Å². The zero-order valence-electron chi connectivity index (χ0n) is 74.8. The van der Waals surface area contributed by atoms with Crippen LogP contribution in [0.5, 0.6) is 0 Å². The standard InChI is InChI=1S/C27H30FN5O.C26H27FN4OS.C26H27FN4O.C25H21FN6O/c1-30-12-5-6-22(18-30)33-13-11-27(33)23-7-3-4-8-25(23)32(26(27)34)17-20-10-9-19(14-24(20)28)21-15-29-31(2)16-21;1-29-15-20(14-28-29)18-8-9-19(23(27)13-18)16-30-24-7-3-2-6-22(24)26(25(30)32)10-11-31(26)21-5-4-12-33-17-21;1-29-15-19(13-28-29)21-11-10-18(12-23(21)27)14-31-24-9-5-4-8-22(24)26(25(31)32)16-30(17-26)20-6-2-3-7-20;1-30-15-19(14-29-30)17-7-8-18(21(26)13-17)16-31-22-6-3-2-5-20(22)25(23(31)33)9-12-32(25)24-27-10-4-11-28-24/h3-4,7-10,14-16,22H,5-6,11-13,17-18H2,1-2H3;2-3,6-9,13-15,21H,4-5,10-12,16-17H2,1H3;4-5,8-13,15,20H,2-3,6-7,14,16-17H2,1H3;2-8,10-11,13-15H,9,12,16H2,1H3. The number of carbonyl (C=O) groups excluding carboxylic acids is 4. The summed E-state index contributed by atoms with van der Waals surface area (Å²) in [7, 11) is 9.49. The average Bonchev–Trinajstić information content (AvgIpc) is 1.55. The van der Waals surface area contributed by atoms with Crippen LogP contribution in [-0.2, 0) is 95.6 Å². The van der Waals surface area contributed by atoms with E-state index in [1.54, 1.807) is 125 Å². The number of thioether (sulfide) groups is 1. The van der Waals surface area contributed by atoms with Crippen molar-refractivity contribution in [3.8, 4) is 44.5 Å². The Morgan fingerprint density at radius 2 is 0.811 bits per heavy atom. The Bertz CT molecular complexity index is 6600. The third-order valence-electron chi connectivity index (χ3n) is 29.5. The van der Waals surface area contributed by atoms with E-state index in [9.17, 15) is 23.6 Å². The fourth-order valence-corrected chi connectivity index (χ4v) is 23.8. The predicted molar refractivity (Wildman–Crippen MR) is 503 cm³/mol. The third-order valence-corrected chi connectivity index (χ3v) is 30.7. The highest BCUT2D eigenvalue weighted by Gasteiger charge is 2.65. The number of hydrogen-bond donors (Lipinski definition) is 0. The van der Waals surface area contributed by atoms with Gasteiger partial charge in [0.15, 0.2) is 5.54 Å². The summed E-state index contributed by atoms with van der Waals surface area (Å²) in [6.45, 7) is 7.28. The number of hydrogen-bond acceptors (Lipinski definition) is 16. The molecule has 28 heteroatoms. The molecule has 8 aromatic carbocycles. The van der Waals surface area contributed by atoms with Crippen LogP contribution in [0, 0.1) is 23.3 Å². The molecule has 10 aliphatic heterocycles. The molecule has 0 radical (unpaired) electrons. The maximum Gasteiger partial charge on any atom is 0.258 e. The van der Waals surface area contributed by atoms with Gasteiger partial charge in [-0.2, -0.15) is 32.2 Å². The number of nitrogens with zero attached hydrogens (tertiary/aromatic N) is 19. The van der Waals surface area contributed by atoms with Crippen LogP contribution in [0.2, 0.25) is 0 Å². The molecule has 0 bridgehead atoms. The lowest BCUT2D eigenvalue weighted by Crippen LogP contribution is -2.67. The van der Waals surface area contributed by atoms with Crippen LogP contribution < -0.4 is 24.5 Å². The number of para-hydroxylation sites is 4. The molecule has 1 aliphatic carbocycles. The predicted octanol–water partition coefficient (Wildman–Crippen LogP) is 16.3. The van der Waals surface area contributed by atoms with Crippen LogP contribution in [0.3, 0.4) is 0 Å². The summed E-state index contributed by atoms with van der Waals surface area (Å²) in [6.07, 6.45) is 29.6. The van der Waals surface area contributed by atoms with Gasteiger partial charge < -0.3 is 29.4 Å². The number of aryl methyl sites for hydroxylation is 4. The Balaban J connectivity index is 0.000000106. The molecule has 11 aliphatic rings. The van der Waals surface area contributed by atoms with Crippen molar-refractivity contribution in [1.29, 1.82) is 0 Å². The van der Waals surface area contributed by atoms with E-state index < -0.39 is 22.0 Å². The van der Waals surface area contributed by atoms with E-state index in [1.807, 2.05) is 171 Å². The van der Waals surface area contributed by atoms with Crippen molar-refractivity contribution in [1.82, 2.24) is 68.7 Å². The molecule has 15 heterocycles. The van der Waals surface area contributed by atoms with Gasteiger partial charge >= 0.3 is 0 Å². The lowest BCUT2D eigenvalue weighted by atomic mass is 9.73. The minimum Gasteiger partial charge on any atom is -0.322 e. The molecular formula is C104H105F4N19O4S. The number of likely N-dealkylation sites (tertiary alicyclic amines) is 4. The normalized spacial score (nSPS) is 22.4. The monoisotopic (exact) mass is 1790 g/mol. The molecule has 13 aromatic rings. The summed E-state index contributed by atoms with van der Waals surface area (Å²) >= 11 is 1.99. The van der Waals surface area contributed by atoms with Crippen LogP contribution in [0.25, 0.3) is 44.5 Å². The molecule has 5 atom stereocenters. The van der Waals surface area contributed by atoms with Crippen LogP contribution in [0.1, 0.15) is 115 Å². The highest BCUT2D eigenvalue weighted by Crippen LogP contribution is 2.58. The molecule has 132 heavy (non-hydrogen) atoms. The molecular weight excluding hydrogens is 1690 g/mol. The van der Waals surface area contributed by atoms with Crippen LogP contribution in [-0.4, -0.2) is 175 Å². The Labute approximate surface area is 769 Å². The summed E-state index contributed by atoms with van der Waals surface area (Å²) in [5.74, 6) is 1.86. The maximum atomic E-state index is 15.2. The first-order valence-electron chi connectivity index (χ1n) is 46.0. The highest BCUT2D eigenvalue weighted by molar-refractivity contribution is 7.99. The van der Waals surface area contributed by atoms with Crippen LogP contribution in [0.4, 0.5) is 46.3 Å². The number of amides is 4. The van der Waals surface area contributed by atoms with Crippen molar-refractivity contribution < 1.29 is 36.7 Å². The first-order chi connectivity index (χ1) is 64.2. The van der Waals surface area contributed by atoms with Crippen molar-refractivity contribution in [2.24, 2.45) is 28.2 Å². The highest BCUT2D eigenvalue weighted by atomic mass is 32.2. The van der Waals surface area contributed by atoms with Gasteiger partial charge in [-0.25, -0.2) is 27.5 Å². The molecule has 1 saturated carbocycles. The Kier molecular flexibility index (Phi) is 22.7. The number of fused-ring (bicyclic) bond motifs is 8. The fourth-order valence-electron chi connectivity index (χ4n) is 22.6. The van der Waals surface area contributed by atoms with Crippen molar-refractivity contribution in [2.45, 2.75) is 137 Å². The minimum absolute atomic E-state index is 0.0712. The molecule has 6 saturated heterocycles. The first kappa shape index (κ1) is 86.0. The molecule has 5 aromatic heterocycles. The summed E-state index contributed by atoms with van der Waals surface area (Å²) in [4.78, 5) is 83.1. The van der Waals surface area contributed by atoms with Gasteiger partial charge in [0.05, 0.1) is 56.7 Å². The minimum atomic E-state index is -0.843. The topological polar surface area (TPSA) is 194 Å². The number of carbonyl (C=O) groups is 4. The molecule has 4 spiro atoms. The SMILES string of the molecule is CN1CCCC(N2CCC23C(=O)N(Cc2ccc(-c4cnn(C)c4)cc2F)c2ccccc23)C1.Cn1cc(-c2ccc(CN3C(=O)C4(CCN4C4CCCSC4)c4ccccc43)c(F)c2)cn1.Cn1cc(-c2ccc(CN3C(=O)C4(CCN4c4ncccn4)c4ccccc43)c(F)c2)cn1.Cn1cc(-c2ccc(CN3C(=O)C4(CN(C5CCCC5)C4)c4ccccc43)cc2F)cn1. The molecule has 0 N–H and O–H groups in total. The summed E-state index contributed by atoms with van der Waals surface area (Å²) < 4.78 is 67.2. The molecule has 7 fully saturated rings. The van der Waals surface area contributed by atoms with Crippen molar-refractivity contribution in [3.05, 3.63) is 306 Å². The van der Waals surface area contributed by atoms with Gasteiger partial charge in [-0.05, 0) is 153 Å². The van der Waals surface area contributed by atoms with Gasteiger partial charge in [0.25, 0.3) is 17.7 Å². The van der Waals surface area contributed by atoms with Crippen molar-refractivity contribution in [2.75, 3.05) is 88.9 Å². The summed E-state index contributed by atoms with van der Waals surface area (Å²) in [5.41, 5.74) is 13.9. The second-order valence-corrected chi connectivity index (χ2v) is 38.4. The summed E-state index contributed by atoms with van der Waals surface area (Å²) in [6, 6.07) is 56.1. The summed E-state index contributed by atoms with van der Waals surface area (Å²) in [5, 5.41) is 16.6. The smallest absolute Gasteiger partial charge is 0.258 e. The van der Waals surface area contributed by atoms with Crippen molar-refractivity contribution in [3.63, 3.8) is 0 Å². The van der Waals surface area contributed by atoms with Gasteiger partial charge in [-0.1, -0.05) is 134 Å². The maximum absolute atomic E-state index is 15.2. The van der Waals surface area contributed by atoms with Crippen LogP contribution in [0.15, 0.2) is 238 Å². The second kappa shape index (κ2) is 34.8. The number of halogens is 4. The Hall–Kier alpha value is -12.7. The molecule has 4 amide bonds. The lowest BCUT2D eigenvalue weighted by molar-refractivity contribution is -0.146. The molecule has 5 unspecified atom stereocenters. The van der Waals surface area contributed by atoms with Crippen LogP contribution >= 0.6 is 11.8 Å². The lowest BCUT2D eigenvalue weighted by Gasteiger charge is -2.54. The molecule has 23 nitrogen and oxygen atoms in total. The third kappa shape index (κ3) is 14.9. The van der Waals surface area contributed by atoms with E-state index in [-0.39, 0.29) is 66.5 Å². The van der Waals surface area contributed by atoms with Gasteiger partial charge in [0.1, 0.15) is 39.8 Å². The number of rotatable bonds is 16. The largest absolute Gasteiger partial charge is 0.322 e. The van der Waals surface area contributed by atoms with Gasteiger partial charge in [-0.3, -0.25) is 52.6 Å². The zero-order valence-corrected chi connectivity index (χ0v) is 75.6. The van der Waals surface area contributed by atoms with Crippen molar-refractivity contribution >= 4 is 64.1 Å². The Morgan fingerprint density at radius 1 is 0.386 bits per heavy atom. The quantitative estimate of drug-likeness (QED) is 0.0828. The number of aromatic nitrogens is 10. The fraction of sp³-hybridized carbons (Fsp3) is 0.346. The first-order valence-corrected chi connectivity index (χ1v) is 47.2. The van der Waals surface area contributed by atoms with Gasteiger partial charge in [0, 0.05) is 213 Å². The number of anilines is 5. The van der Waals surface area contributed by atoms with E-state index in [2.05, 4.69) is 75.2 Å². The second-order valence-electron chi connectivity index (χ2n) is 37.2. The number of piperidine rings is 1. The molecule has 674 valence electrons. The number of benzene rings is 8.